The van der Waals surface area contributed by atoms with Crippen LogP contribution in [0.3, 0.4) is 0 Å². The number of rotatable bonds is 3. The van der Waals surface area contributed by atoms with Crippen molar-refractivity contribution < 1.29 is 5.11 Å². The molecule has 2 aromatic rings. The molecule has 2 aromatic carbocycles. The number of nitrogens with zero attached hydrogens (tertiary/aromatic N) is 3. The minimum absolute atomic E-state index is 0.116. The second-order valence-corrected chi connectivity index (χ2v) is 10.1. The van der Waals surface area contributed by atoms with Crippen LogP contribution in [-0.2, 0) is 10.8 Å². The minimum atomic E-state index is -0.254. The first-order chi connectivity index (χ1) is 15.6. The summed E-state index contributed by atoms with van der Waals surface area (Å²) in [6.45, 7) is 8.63. The van der Waals surface area contributed by atoms with Crippen LogP contribution in [0.1, 0.15) is 38.8 Å². The van der Waals surface area contributed by atoms with E-state index in [0.29, 0.717) is 16.8 Å². The van der Waals surface area contributed by atoms with Gasteiger partial charge in [0.1, 0.15) is 11.5 Å². The van der Waals surface area contributed by atoms with Gasteiger partial charge in [-0.05, 0) is 40.6 Å². The third-order valence-corrected chi connectivity index (χ3v) is 7.55. The molecule has 5 nitrogen and oxygen atoms in total. The number of aliphatic hydroxyl groups is 1. The maximum absolute atomic E-state index is 11.9. The van der Waals surface area contributed by atoms with E-state index in [2.05, 4.69) is 66.9 Å². The van der Waals surface area contributed by atoms with Crippen LogP contribution in [0, 0.1) is 4.91 Å². The Morgan fingerprint density at radius 2 is 1.18 bits per heavy atom. The first-order valence-electron chi connectivity index (χ1n) is 11.2. The van der Waals surface area contributed by atoms with Gasteiger partial charge in [0.15, 0.2) is 0 Å². The van der Waals surface area contributed by atoms with Gasteiger partial charge in [-0.25, -0.2) is 0 Å². The lowest BCUT2D eigenvalue weighted by atomic mass is 9.80. The van der Waals surface area contributed by atoms with Crippen LogP contribution in [0.25, 0.3) is 0 Å². The molecule has 33 heavy (non-hydrogen) atoms. The van der Waals surface area contributed by atoms with E-state index in [9.17, 15) is 10.0 Å². The van der Waals surface area contributed by atoms with E-state index in [-0.39, 0.29) is 16.6 Å². The summed E-state index contributed by atoms with van der Waals surface area (Å²) in [5, 5.41) is 14.4. The Hall–Kier alpha value is -3.60. The Labute approximate surface area is 195 Å². The number of benzene rings is 2. The highest BCUT2D eigenvalue weighted by atomic mass is 16.3. The zero-order valence-corrected chi connectivity index (χ0v) is 20.0. The number of fused-ring (bicyclic) bond motifs is 2. The van der Waals surface area contributed by atoms with Crippen LogP contribution in [-0.4, -0.2) is 19.2 Å². The number of nitroso groups, excluding NO2 is 1. The molecule has 5 rings (SSSR count). The topological polar surface area (TPSA) is 56.1 Å². The Bertz CT molecular complexity index is 1320. The van der Waals surface area contributed by atoms with Gasteiger partial charge in [0, 0.05) is 58.8 Å². The Morgan fingerprint density at radius 1 is 0.758 bits per heavy atom. The van der Waals surface area contributed by atoms with Crippen molar-refractivity contribution in [1.29, 1.82) is 0 Å². The van der Waals surface area contributed by atoms with Crippen molar-refractivity contribution in [3.05, 3.63) is 111 Å². The lowest BCUT2D eigenvalue weighted by Gasteiger charge is -2.29. The third kappa shape index (κ3) is 2.78. The molecule has 1 aliphatic carbocycles. The average molecular weight is 440 g/mol. The molecule has 0 spiro atoms. The van der Waals surface area contributed by atoms with Crippen LogP contribution in [0.2, 0.25) is 0 Å². The van der Waals surface area contributed by atoms with Crippen molar-refractivity contribution in [2.75, 3.05) is 23.9 Å². The smallest absolute Gasteiger partial charge is 0.134 e. The normalized spacial score (nSPS) is 22.7. The van der Waals surface area contributed by atoms with Crippen LogP contribution >= 0.6 is 0 Å². The van der Waals surface area contributed by atoms with E-state index in [1.54, 1.807) is 0 Å². The zero-order valence-electron chi connectivity index (χ0n) is 20.0. The number of para-hydroxylation sites is 2. The summed E-state index contributed by atoms with van der Waals surface area (Å²) in [6.07, 6.45) is 3.82. The summed E-state index contributed by atoms with van der Waals surface area (Å²) >= 11 is 0. The third-order valence-electron chi connectivity index (χ3n) is 7.55. The fourth-order valence-corrected chi connectivity index (χ4v) is 5.61. The van der Waals surface area contributed by atoms with E-state index in [1.807, 2.05) is 50.5 Å². The molecule has 0 aromatic heterocycles. The maximum Gasteiger partial charge on any atom is 0.134 e. The average Bonchev–Trinajstić information content (AvgIpc) is 3.11. The van der Waals surface area contributed by atoms with E-state index < -0.39 is 0 Å². The maximum atomic E-state index is 11.9. The molecule has 0 saturated heterocycles. The monoisotopic (exact) mass is 439 g/mol. The molecular formula is C28H29N3O2. The molecular weight excluding hydrogens is 410 g/mol. The Kier molecular flexibility index (Phi) is 4.47. The second kappa shape index (κ2) is 6.95. The number of likely N-dealkylation sites (N-methyl/N-ethyl adjacent to an activating group) is 2. The largest absolute Gasteiger partial charge is 0.507 e. The van der Waals surface area contributed by atoms with Crippen molar-refractivity contribution in [2.24, 2.45) is 5.18 Å². The summed E-state index contributed by atoms with van der Waals surface area (Å²) in [7, 11) is 4.03. The van der Waals surface area contributed by atoms with Gasteiger partial charge in [-0.3, -0.25) is 0 Å². The van der Waals surface area contributed by atoms with E-state index in [1.165, 1.54) is 11.1 Å². The van der Waals surface area contributed by atoms with Gasteiger partial charge in [0.05, 0.1) is 0 Å². The van der Waals surface area contributed by atoms with Gasteiger partial charge < -0.3 is 14.9 Å². The van der Waals surface area contributed by atoms with E-state index in [4.69, 9.17) is 0 Å². The van der Waals surface area contributed by atoms with E-state index in [0.717, 1.165) is 22.8 Å². The van der Waals surface area contributed by atoms with Crippen molar-refractivity contribution in [1.82, 2.24) is 0 Å². The van der Waals surface area contributed by atoms with Crippen molar-refractivity contribution in [3.8, 4) is 0 Å². The van der Waals surface area contributed by atoms with Gasteiger partial charge in [-0.15, -0.1) is 4.91 Å². The van der Waals surface area contributed by atoms with Gasteiger partial charge in [0.2, 0.25) is 0 Å². The van der Waals surface area contributed by atoms with Gasteiger partial charge >= 0.3 is 0 Å². The molecule has 0 fully saturated rings. The molecule has 2 heterocycles. The van der Waals surface area contributed by atoms with Crippen LogP contribution in [0.4, 0.5) is 11.4 Å². The summed E-state index contributed by atoms with van der Waals surface area (Å²) in [4.78, 5) is 16.1. The predicted octanol–water partition coefficient (Wildman–Crippen LogP) is 6.46. The predicted molar refractivity (Wildman–Crippen MR) is 134 cm³/mol. The highest BCUT2D eigenvalue weighted by molar-refractivity contribution is 5.75. The molecule has 0 atom stereocenters. The summed E-state index contributed by atoms with van der Waals surface area (Å²) in [6, 6.07) is 16.6. The summed E-state index contributed by atoms with van der Waals surface area (Å²) in [5.74, 6) is 0.116. The number of hydrogen-bond donors (Lipinski definition) is 1. The summed E-state index contributed by atoms with van der Waals surface area (Å²) in [5.41, 5.74) is 7.52. The fraction of sp³-hybridized carbons (Fsp3) is 0.286. The van der Waals surface area contributed by atoms with Gasteiger partial charge in [0.25, 0.3) is 0 Å². The van der Waals surface area contributed by atoms with Crippen LogP contribution < -0.4 is 9.80 Å². The number of aliphatic hydroxyl groups excluding tert-OH is 1. The molecule has 0 bridgehead atoms. The first-order valence-corrected chi connectivity index (χ1v) is 11.2. The number of hydrogen-bond acceptors (Lipinski definition) is 5. The lowest BCUT2D eigenvalue weighted by Crippen LogP contribution is -2.25. The van der Waals surface area contributed by atoms with Crippen LogP contribution in [0.5, 0.6) is 0 Å². The summed E-state index contributed by atoms with van der Waals surface area (Å²) < 4.78 is 0. The fourth-order valence-electron chi connectivity index (χ4n) is 5.61. The Morgan fingerprint density at radius 3 is 1.61 bits per heavy atom. The minimum Gasteiger partial charge on any atom is -0.507 e. The molecule has 1 N–H and O–H groups in total. The highest BCUT2D eigenvalue weighted by Gasteiger charge is 2.42. The number of allylic oxidation sites excluding steroid dienone is 4. The molecule has 0 amide bonds. The van der Waals surface area contributed by atoms with Crippen molar-refractivity contribution in [3.63, 3.8) is 0 Å². The van der Waals surface area contributed by atoms with Crippen molar-refractivity contribution >= 4 is 11.4 Å². The van der Waals surface area contributed by atoms with Gasteiger partial charge in [-0.2, -0.15) is 0 Å². The molecule has 0 saturated carbocycles. The van der Waals surface area contributed by atoms with E-state index >= 15 is 0 Å². The highest BCUT2D eigenvalue weighted by Crippen LogP contribution is 2.51. The lowest BCUT2D eigenvalue weighted by molar-refractivity contribution is 0.411. The molecule has 0 unspecified atom stereocenters. The second-order valence-electron chi connectivity index (χ2n) is 10.1. The zero-order chi connectivity index (χ0) is 23.7. The van der Waals surface area contributed by atoms with Crippen LogP contribution in [0.15, 0.2) is 99.9 Å². The molecule has 5 heteroatoms. The quantitative estimate of drug-likeness (QED) is 0.558. The molecule has 3 aliphatic rings. The van der Waals surface area contributed by atoms with Crippen molar-refractivity contribution in [2.45, 2.75) is 38.5 Å². The van der Waals surface area contributed by atoms with Gasteiger partial charge in [-0.1, -0.05) is 64.1 Å². The standard InChI is InChI=1S/C28H29N3O2/c1-27(2)19-11-7-9-13-21(19)30(5)23(27)15-17-25(29-33)18(26(17)32)16-24-28(3,4)20-12-8-10-14-22(20)31(24)6/h7-16,32H,1-6H3. The first kappa shape index (κ1) is 21.3. The molecule has 0 radical (unpaired) electrons. The molecule has 2 aliphatic heterocycles. The SMILES string of the molecule is CN1C(=CC2=C(O)C(C=C3N(C)c4ccccc4C3(C)C)=C2N=O)C(C)(C)c2ccccc21. The number of anilines is 2. The Balaban J connectivity index is 1.55. The molecule has 168 valence electrons.